The molecule has 2 aliphatic carbocycles. The maximum absolute atomic E-state index is 13.2. The molecule has 214 valence electrons. The lowest BCUT2D eigenvalue weighted by Crippen LogP contribution is -2.45. The number of Topliss-reactive ketones (excluding diaryl/α,β-unsaturated/α-hetero) is 1. The number of fused-ring (bicyclic) bond motifs is 3. The van der Waals surface area contributed by atoms with Gasteiger partial charge in [-0.2, -0.15) is 0 Å². The van der Waals surface area contributed by atoms with E-state index < -0.39 is 41.5 Å². The van der Waals surface area contributed by atoms with Gasteiger partial charge >= 0.3 is 0 Å². The highest BCUT2D eigenvalue weighted by Crippen LogP contribution is 2.44. The van der Waals surface area contributed by atoms with Crippen LogP contribution in [0.15, 0.2) is 57.9 Å². The zero-order chi connectivity index (χ0) is 29.1. The Kier molecular flexibility index (Phi) is 7.99. The van der Waals surface area contributed by atoms with E-state index in [1.165, 1.54) is 35.4 Å². The van der Waals surface area contributed by atoms with Gasteiger partial charge in [-0.05, 0) is 61.8 Å². The third-order valence-electron chi connectivity index (χ3n) is 7.88. The molecule has 12 heteroatoms. The third kappa shape index (κ3) is 6.37. The van der Waals surface area contributed by atoms with Crippen molar-refractivity contribution in [3.8, 4) is 0 Å². The van der Waals surface area contributed by atoms with Gasteiger partial charge in [-0.3, -0.25) is 28.8 Å². The number of benzene rings is 1. The van der Waals surface area contributed by atoms with Crippen LogP contribution in [0.25, 0.3) is 11.0 Å². The summed E-state index contributed by atoms with van der Waals surface area (Å²) in [5.74, 6) is -2.80. The van der Waals surface area contributed by atoms with Crippen molar-refractivity contribution in [2.24, 2.45) is 17.6 Å². The molecule has 0 radical (unpaired) electrons. The van der Waals surface area contributed by atoms with Gasteiger partial charge in [-0.25, -0.2) is 0 Å². The number of primary amides is 1. The fourth-order valence-electron chi connectivity index (χ4n) is 5.80. The maximum Gasteiger partial charge on any atom is 0.287 e. The van der Waals surface area contributed by atoms with Crippen molar-refractivity contribution < 1.29 is 28.4 Å². The zero-order valence-corrected chi connectivity index (χ0v) is 22.3. The number of ketones is 1. The van der Waals surface area contributed by atoms with Gasteiger partial charge < -0.3 is 30.7 Å². The van der Waals surface area contributed by atoms with E-state index in [1.54, 1.807) is 24.3 Å². The van der Waals surface area contributed by atoms with E-state index in [4.69, 9.17) is 10.2 Å². The van der Waals surface area contributed by atoms with Gasteiger partial charge in [-0.1, -0.05) is 24.6 Å². The highest BCUT2D eigenvalue weighted by molar-refractivity contribution is 6.35. The number of furan rings is 1. The molecule has 4 atom stereocenters. The number of nitrogens with two attached hydrogens (primary N) is 1. The largest absolute Gasteiger partial charge is 0.451 e. The number of carbonyl (C=O) groups is 5. The molecular formula is C29H31N5O7. The van der Waals surface area contributed by atoms with Crippen molar-refractivity contribution in [2.75, 3.05) is 5.32 Å². The molecule has 4 amide bonds. The normalized spacial score (nSPS) is 20.0. The fraction of sp³-hybridized carbons (Fsp3) is 0.379. The van der Waals surface area contributed by atoms with Crippen molar-refractivity contribution in [3.05, 3.63) is 64.8 Å². The number of hydrogen-bond acceptors (Lipinski definition) is 7. The standard InChI is InChI=1S/C29H31N5O7/c30-26(37)22(35)10-9-19(32-28(39)24-14-18-4-1-2-6-23(18)41-24)27(38)33-20-5-3-11-34(29(20)40)15-25(36)31-21-13-16-7-8-17(21)12-16/h1-6,11,14,16-17,19,21H,7-10,12-13,15H2,(H2,30,37)(H,31,36)(H,32,39)(H,33,38)/t16-,17+,19+,21-/m1/s1. The smallest absolute Gasteiger partial charge is 0.287 e. The molecule has 2 fully saturated rings. The second kappa shape index (κ2) is 11.8. The van der Waals surface area contributed by atoms with Crippen LogP contribution in [0.2, 0.25) is 0 Å². The van der Waals surface area contributed by atoms with Gasteiger partial charge in [0.25, 0.3) is 17.4 Å². The van der Waals surface area contributed by atoms with E-state index in [-0.39, 0.29) is 36.4 Å². The van der Waals surface area contributed by atoms with Crippen molar-refractivity contribution in [2.45, 2.75) is 57.2 Å². The molecule has 0 unspecified atom stereocenters. The van der Waals surface area contributed by atoms with Gasteiger partial charge in [0.05, 0.1) is 0 Å². The Morgan fingerprint density at radius 3 is 2.56 bits per heavy atom. The molecule has 5 rings (SSSR count). The molecule has 3 aromatic rings. The quantitative estimate of drug-likeness (QED) is 0.256. The first kappa shape index (κ1) is 27.8. The lowest BCUT2D eigenvalue weighted by atomic mass is 9.95. The number of anilines is 1. The lowest BCUT2D eigenvalue weighted by Gasteiger charge is -2.23. The number of para-hydroxylation sites is 1. The van der Waals surface area contributed by atoms with Crippen LogP contribution in [-0.2, 0) is 25.7 Å². The summed E-state index contributed by atoms with van der Waals surface area (Å²) in [6, 6.07) is 10.2. The van der Waals surface area contributed by atoms with Gasteiger partial charge in [0.15, 0.2) is 5.76 Å². The highest BCUT2D eigenvalue weighted by Gasteiger charge is 2.40. The van der Waals surface area contributed by atoms with Gasteiger partial charge in [0, 0.05) is 24.0 Å². The minimum atomic E-state index is -1.31. The molecule has 0 spiro atoms. The van der Waals surface area contributed by atoms with Crippen LogP contribution >= 0.6 is 0 Å². The summed E-state index contributed by atoms with van der Waals surface area (Å²) in [5, 5.41) is 8.70. The van der Waals surface area contributed by atoms with E-state index >= 15 is 0 Å². The van der Waals surface area contributed by atoms with Crippen molar-refractivity contribution in [1.82, 2.24) is 15.2 Å². The topological polar surface area (TPSA) is 183 Å². The van der Waals surface area contributed by atoms with E-state index in [2.05, 4.69) is 16.0 Å². The SMILES string of the molecule is NC(=O)C(=O)CC[C@H](NC(=O)c1cc2ccccc2o1)C(=O)Nc1cccn(CC(=O)N[C@@H]2C[C@@H]3CC[C@H]2C3)c1=O. The van der Waals surface area contributed by atoms with Crippen molar-refractivity contribution >= 4 is 46.1 Å². The molecule has 0 saturated heterocycles. The van der Waals surface area contributed by atoms with Crippen LogP contribution in [0.1, 0.15) is 49.1 Å². The predicted molar refractivity (Wildman–Crippen MR) is 148 cm³/mol. The average molecular weight is 562 g/mol. The first-order chi connectivity index (χ1) is 19.7. The second-order valence-corrected chi connectivity index (χ2v) is 10.7. The summed E-state index contributed by atoms with van der Waals surface area (Å²) in [4.78, 5) is 75.0. The van der Waals surface area contributed by atoms with E-state index in [9.17, 15) is 28.8 Å². The zero-order valence-electron chi connectivity index (χ0n) is 22.3. The summed E-state index contributed by atoms with van der Waals surface area (Å²) >= 11 is 0. The summed E-state index contributed by atoms with van der Waals surface area (Å²) < 4.78 is 6.74. The Morgan fingerprint density at radius 2 is 1.85 bits per heavy atom. The summed E-state index contributed by atoms with van der Waals surface area (Å²) in [5.41, 5.74) is 4.78. The van der Waals surface area contributed by atoms with E-state index in [1.807, 2.05) is 0 Å². The first-order valence-electron chi connectivity index (χ1n) is 13.6. The summed E-state index contributed by atoms with van der Waals surface area (Å²) in [6.07, 6.45) is 5.18. The van der Waals surface area contributed by atoms with Crippen LogP contribution in [0, 0.1) is 11.8 Å². The molecule has 2 bridgehead atoms. The van der Waals surface area contributed by atoms with Crippen LogP contribution < -0.4 is 27.2 Å². The molecule has 12 nitrogen and oxygen atoms in total. The minimum absolute atomic E-state index is 0.0613. The van der Waals surface area contributed by atoms with Gasteiger partial charge in [-0.15, -0.1) is 0 Å². The van der Waals surface area contributed by atoms with E-state index in [0.29, 0.717) is 22.8 Å². The molecule has 2 aromatic heterocycles. The van der Waals surface area contributed by atoms with Crippen molar-refractivity contribution in [1.29, 1.82) is 0 Å². The average Bonchev–Trinajstić information content (AvgIpc) is 3.68. The number of rotatable bonds is 11. The Labute approximate surface area is 234 Å². The minimum Gasteiger partial charge on any atom is -0.451 e. The predicted octanol–water partition coefficient (Wildman–Crippen LogP) is 1.47. The lowest BCUT2D eigenvalue weighted by molar-refractivity contribution is -0.136. The second-order valence-electron chi connectivity index (χ2n) is 10.7. The molecule has 2 aliphatic rings. The number of amides is 4. The number of aromatic nitrogens is 1. The van der Waals surface area contributed by atoms with E-state index in [0.717, 1.165) is 19.3 Å². The van der Waals surface area contributed by atoms with Crippen LogP contribution in [0.3, 0.4) is 0 Å². The number of pyridine rings is 1. The molecular weight excluding hydrogens is 530 g/mol. The molecule has 0 aliphatic heterocycles. The number of nitrogens with one attached hydrogen (secondary N) is 3. The van der Waals surface area contributed by atoms with Gasteiger partial charge in [0.1, 0.15) is 23.9 Å². The number of carbonyl (C=O) groups excluding carboxylic acids is 5. The molecule has 1 aromatic carbocycles. The summed E-state index contributed by atoms with van der Waals surface area (Å²) in [7, 11) is 0. The Bertz CT molecular complexity index is 1540. The molecule has 2 saturated carbocycles. The van der Waals surface area contributed by atoms with Crippen molar-refractivity contribution in [3.63, 3.8) is 0 Å². The summed E-state index contributed by atoms with van der Waals surface area (Å²) in [6.45, 7) is -0.213. The Hall–Kier alpha value is -4.74. The first-order valence-corrected chi connectivity index (χ1v) is 13.6. The van der Waals surface area contributed by atoms with Crippen LogP contribution in [0.4, 0.5) is 5.69 Å². The van der Waals surface area contributed by atoms with Crippen LogP contribution in [-0.4, -0.2) is 46.1 Å². The molecule has 41 heavy (non-hydrogen) atoms. The fourth-order valence-corrected chi connectivity index (χ4v) is 5.80. The molecule has 5 N–H and O–H groups in total. The number of hydrogen-bond donors (Lipinski definition) is 4. The Morgan fingerprint density at radius 1 is 1.05 bits per heavy atom. The van der Waals surface area contributed by atoms with Crippen LogP contribution in [0.5, 0.6) is 0 Å². The Balaban J connectivity index is 1.27. The number of nitrogens with zero attached hydrogens (tertiary/aromatic N) is 1. The maximum atomic E-state index is 13.2. The highest BCUT2D eigenvalue weighted by atomic mass is 16.3. The molecule has 2 heterocycles. The van der Waals surface area contributed by atoms with Gasteiger partial charge in [0.2, 0.25) is 17.6 Å². The third-order valence-corrected chi connectivity index (χ3v) is 7.88. The monoisotopic (exact) mass is 561 g/mol.